The first-order valence-corrected chi connectivity index (χ1v) is 7.95. The van der Waals surface area contributed by atoms with E-state index in [0.29, 0.717) is 18.0 Å². The molecule has 0 radical (unpaired) electrons. The van der Waals surface area contributed by atoms with Crippen LogP contribution < -0.4 is 0 Å². The number of carbonyl (C=O) groups is 2. The minimum atomic E-state index is -0.389. The molecule has 0 N–H and O–H groups in total. The monoisotopic (exact) mass is 326 g/mol. The van der Waals surface area contributed by atoms with Crippen LogP contribution in [0.5, 0.6) is 0 Å². The third-order valence-electron chi connectivity index (χ3n) is 4.56. The Balaban J connectivity index is 1.63. The Kier molecular flexibility index (Phi) is 3.34. The van der Waals surface area contributed by atoms with Crippen LogP contribution in [0.25, 0.3) is 0 Å². The van der Waals surface area contributed by atoms with Gasteiger partial charge in [-0.2, -0.15) is 0 Å². The second-order valence-corrected chi connectivity index (χ2v) is 6.32. The van der Waals surface area contributed by atoms with Gasteiger partial charge in [0.15, 0.2) is 0 Å². The Bertz CT molecular complexity index is 762. The quantitative estimate of drug-likeness (QED) is 0.795. The summed E-state index contributed by atoms with van der Waals surface area (Å²) in [6.07, 6.45) is 0.583. The fraction of sp³-hybridized carbons (Fsp3) is 0.222. The van der Waals surface area contributed by atoms with Gasteiger partial charge in [0.1, 0.15) is 6.04 Å². The third kappa shape index (κ3) is 2.30. The van der Waals surface area contributed by atoms with Crippen LogP contribution in [0.3, 0.4) is 0 Å². The van der Waals surface area contributed by atoms with Gasteiger partial charge in [-0.1, -0.05) is 54.1 Å². The van der Waals surface area contributed by atoms with Crippen LogP contribution in [-0.2, 0) is 24.3 Å². The molecule has 23 heavy (non-hydrogen) atoms. The Morgan fingerprint density at radius 3 is 2.48 bits per heavy atom. The zero-order valence-electron chi connectivity index (χ0n) is 12.4. The number of benzene rings is 2. The lowest BCUT2D eigenvalue weighted by molar-refractivity contribution is -0.128. The van der Waals surface area contributed by atoms with Gasteiger partial charge in [-0.15, -0.1) is 0 Å². The zero-order chi connectivity index (χ0) is 16.0. The molecule has 1 fully saturated rings. The zero-order valence-corrected chi connectivity index (χ0v) is 13.2. The number of hydrogen-bond donors (Lipinski definition) is 0. The number of fused-ring (bicyclic) bond motifs is 2. The maximum atomic E-state index is 12.7. The molecule has 4 rings (SSSR count). The van der Waals surface area contributed by atoms with Crippen LogP contribution in [-0.4, -0.2) is 27.8 Å². The summed E-state index contributed by atoms with van der Waals surface area (Å²) < 4.78 is 0. The lowest BCUT2D eigenvalue weighted by atomic mass is 9.95. The molecule has 1 unspecified atom stereocenters. The summed E-state index contributed by atoms with van der Waals surface area (Å²) >= 11 is 6.16. The van der Waals surface area contributed by atoms with Gasteiger partial charge < -0.3 is 4.90 Å². The van der Waals surface area contributed by atoms with Crippen molar-refractivity contribution in [1.29, 1.82) is 0 Å². The lowest BCUT2D eigenvalue weighted by Gasteiger charge is -2.28. The molecule has 116 valence electrons. The Morgan fingerprint density at radius 2 is 1.70 bits per heavy atom. The van der Waals surface area contributed by atoms with Crippen molar-refractivity contribution in [1.82, 2.24) is 9.80 Å². The highest BCUT2D eigenvalue weighted by atomic mass is 35.5. The van der Waals surface area contributed by atoms with E-state index in [1.54, 1.807) is 11.0 Å². The molecule has 2 aliphatic rings. The minimum Gasteiger partial charge on any atom is -0.308 e. The Labute approximate surface area is 139 Å². The molecule has 0 saturated carbocycles. The Morgan fingerprint density at radius 1 is 1.00 bits per heavy atom. The fourth-order valence-corrected chi connectivity index (χ4v) is 3.51. The summed E-state index contributed by atoms with van der Waals surface area (Å²) in [6.45, 7) is 0.713. The van der Waals surface area contributed by atoms with Crippen molar-refractivity contribution in [2.75, 3.05) is 0 Å². The number of carbonyl (C=O) groups excluding carboxylic acids is 2. The van der Waals surface area contributed by atoms with E-state index in [0.717, 1.165) is 16.7 Å². The first kappa shape index (κ1) is 14.3. The maximum absolute atomic E-state index is 12.7. The standard InChI is InChI=1S/C18H15ClN2O2/c19-15-8-4-3-7-14(15)11-21-17(22)16-9-12-5-1-2-6-13(12)10-20(16)18(21)23/h1-8,16H,9-11H2. The summed E-state index contributed by atoms with van der Waals surface area (Å²) in [5, 5.41) is 0.571. The van der Waals surface area contributed by atoms with Crippen LogP contribution in [0.4, 0.5) is 4.79 Å². The van der Waals surface area contributed by atoms with E-state index < -0.39 is 0 Å². The van der Waals surface area contributed by atoms with Gasteiger partial charge in [0.05, 0.1) is 6.54 Å². The topological polar surface area (TPSA) is 40.6 Å². The lowest BCUT2D eigenvalue weighted by Crippen LogP contribution is -2.39. The number of urea groups is 1. The molecule has 4 nitrogen and oxygen atoms in total. The van der Waals surface area contributed by atoms with Gasteiger partial charge in [0, 0.05) is 18.0 Å². The van der Waals surface area contributed by atoms with Gasteiger partial charge >= 0.3 is 6.03 Å². The van der Waals surface area contributed by atoms with Crippen LogP contribution in [0.2, 0.25) is 5.02 Å². The van der Waals surface area contributed by atoms with E-state index in [-0.39, 0.29) is 24.5 Å². The predicted octanol–water partition coefficient (Wildman–Crippen LogP) is 3.23. The molecule has 1 saturated heterocycles. The van der Waals surface area contributed by atoms with Crippen molar-refractivity contribution in [3.8, 4) is 0 Å². The summed E-state index contributed by atoms with van der Waals surface area (Å²) in [7, 11) is 0. The van der Waals surface area contributed by atoms with Crippen molar-refractivity contribution in [3.05, 3.63) is 70.2 Å². The summed E-state index contributed by atoms with van der Waals surface area (Å²) in [5.41, 5.74) is 3.05. The third-order valence-corrected chi connectivity index (χ3v) is 4.93. The summed E-state index contributed by atoms with van der Waals surface area (Å²) in [6, 6.07) is 14.7. The van der Waals surface area contributed by atoms with E-state index in [9.17, 15) is 9.59 Å². The van der Waals surface area contributed by atoms with Crippen molar-refractivity contribution in [2.24, 2.45) is 0 Å². The Hall–Kier alpha value is -2.33. The average Bonchev–Trinajstić information content (AvgIpc) is 2.79. The molecule has 5 heteroatoms. The second kappa shape index (κ2) is 5.39. The molecule has 0 bridgehead atoms. The largest absolute Gasteiger partial charge is 0.328 e. The number of hydrogen-bond acceptors (Lipinski definition) is 2. The highest BCUT2D eigenvalue weighted by Gasteiger charge is 2.47. The number of halogens is 1. The molecular weight excluding hydrogens is 312 g/mol. The van der Waals surface area contributed by atoms with E-state index >= 15 is 0 Å². The summed E-state index contributed by atoms with van der Waals surface area (Å²) in [5.74, 6) is -0.135. The highest BCUT2D eigenvalue weighted by molar-refractivity contribution is 6.31. The van der Waals surface area contributed by atoms with Crippen LogP contribution in [0, 0.1) is 0 Å². The smallest absolute Gasteiger partial charge is 0.308 e. The normalized spacial score (nSPS) is 19.8. The van der Waals surface area contributed by atoms with E-state index in [2.05, 4.69) is 0 Å². The van der Waals surface area contributed by atoms with E-state index in [1.165, 1.54) is 4.90 Å². The van der Waals surface area contributed by atoms with E-state index in [4.69, 9.17) is 11.6 Å². The van der Waals surface area contributed by atoms with Crippen molar-refractivity contribution in [3.63, 3.8) is 0 Å². The van der Waals surface area contributed by atoms with Crippen LogP contribution >= 0.6 is 11.6 Å². The first-order chi connectivity index (χ1) is 11.1. The van der Waals surface area contributed by atoms with Crippen LogP contribution in [0.1, 0.15) is 16.7 Å². The second-order valence-electron chi connectivity index (χ2n) is 5.91. The molecule has 0 aliphatic carbocycles. The molecular formula is C18H15ClN2O2. The highest BCUT2D eigenvalue weighted by Crippen LogP contribution is 2.31. The molecule has 2 aliphatic heterocycles. The van der Waals surface area contributed by atoms with Gasteiger partial charge in [0.2, 0.25) is 0 Å². The minimum absolute atomic E-state index is 0.135. The molecule has 2 aromatic carbocycles. The number of amides is 3. The number of imide groups is 1. The molecule has 2 aromatic rings. The number of nitrogens with zero attached hydrogens (tertiary/aromatic N) is 2. The molecule has 3 amide bonds. The molecule has 1 atom stereocenters. The maximum Gasteiger partial charge on any atom is 0.328 e. The molecule has 0 aromatic heterocycles. The first-order valence-electron chi connectivity index (χ1n) is 7.57. The van der Waals surface area contributed by atoms with E-state index in [1.807, 2.05) is 42.5 Å². The fourth-order valence-electron chi connectivity index (χ4n) is 3.32. The van der Waals surface area contributed by atoms with Gasteiger partial charge in [-0.05, 0) is 22.8 Å². The SMILES string of the molecule is O=C1C2Cc3ccccc3CN2C(=O)N1Cc1ccccc1Cl. The van der Waals surface area contributed by atoms with Crippen molar-refractivity contribution in [2.45, 2.75) is 25.6 Å². The van der Waals surface area contributed by atoms with Crippen molar-refractivity contribution < 1.29 is 9.59 Å². The average molecular weight is 327 g/mol. The number of rotatable bonds is 2. The van der Waals surface area contributed by atoms with Gasteiger partial charge in [-0.3, -0.25) is 9.69 Å². The molecule has 2 heterocycles. The van der Waals surface area contributed by atoms with Crippen molar-refractivity contribution >= 4 is 23.5 Å². The van der Waals surface area contributed by atoms with Crippen LogP contribution in [0.15, 0.2) is 48.5 Å². The molecule has 0 spiro atoms. The summed E-state index contributed by atoms with van der Waals surface area (Å²) in [4.78, 5) is 28.3. The van der Waals surface area contributed by atoms with Gasteiger partial charge in [-0.25, -0.2) is 4.79 Å². The van der Waals surface area contributed by atoms with Gasteiger partial charge in [0.25, 0.3) is 5.91 Å². The predicted molar refractivity (Wildman–Crippen MR) is 86.9 cm³/mol.